The highest BCUT2D eigenvalue weighted by Gasteiger charge is 2.54. The Labute approximate surface area is 158 Å². The maximum Gasteiger partial charge on any atom is 0.491 e. The molecule has 0 saturated carbocycles. The standard InChI is InChI=1S/C19H33BN2O4/c1-13-15-11-14(20-25-18(5,6)19(7,8)26-20)12-21(15)9-10-22(13)16(23)24-17(2,3)4/h11,13,15H,9-10,12H2,1-8H3/t13-,15+/m1/s1. The van der Waals surface area contributed by atoms with Crippen LogP contribution >= 0.6 is 0 Å². The van der Waals surface area contributed by atoms with Crippen LogP contribution in [0.4, 0.5) is 4.79 Å². The number of rotatable bonds is 1. The number of nitrogens with zero attached hydrogens (tertiary/aromatic N) is 2. The van der Waals surface area contributed by atoms with Gasteiger partial charge in [0.1, 0.15) is 5.60 Å². The van der Waals surface area contributed by atoms with E-state index in [2.05, 4.69) is 45.6 Å². The molecular weight excluding hydrogens is 331 g/mol. The van der Waals surface area contributed by atoms with Gasteiger partial charge in [0.25, 0.3) is 0 Å². The molecule has 0 N–H and O–H groups in total. The van der Waals surface area contributed by atoms with Gasteiger partial charge in [-0.25, -0.2) is 4.79 Å². The third-order valence-electron chi connectivity index (χ3n) is 5.99. The molecule has 3 aliphatic heterocycles. The van der Waals surface area contributed by atoms with E-state index in [4.69, 9.17) is 14.0 Å². The van der Waals surface area contributed by atoms with Crippen molar-refractivity contribution >= 4 is 13.2 Å². The fraction of sp³-hybridized carbons (Fsp3) is 0.842. The summed E-state index contributed by atoms with van der Waals surface area (Å²) in [6.07, 6.45) is 1.99. The van der Waals surface area contributed by atoms with Crippen LogP contribution in [0.1, 0.15) is 55.4 Å². The van der Waals surface area contributed by atoms with Crippen LogP contribution in [0, 0.1) is 0 Å². The molecule has 26 heavy (non-hydrogen) atoms. The summed E-state index contributed by atoms with van der Waals surface area (Å²) in [5.74, 6) is 0. The lowest BCUT2D eigenvalue weighted by Gasteiger charge is -2.43. The number of carbonyl (C=O) groups is 1. The lowest BCUT2D eigenvalue weighted by molar-refractivity contribution is -0.00416. The molecule has 146 valence electrons. The lowest BCUT2D eigenvalue weighted by Crippen LogP contribution is -2.58. The van der Waals surface area contributed by atoms with Crippen LogP contribution in [0.5, 0.6) is 0 Å². The third-order valence-corrected chi connectivity index (χ3v) is 5.99. The zero-order valence-electron chi connectivity index (χ0n) is 17.5. The van der Waals surface area contributed by atoms with Crippen LogP contribution in [0.2, 0.25) is 0 Å². The van der Waals surface area contributed by atoms with Gasteiger partial charge in [0.05, 0.1) is 17.2 Å². The average molecular weight is 364 g/mol. The minimum Gasteiger partial charge on any atom is -0.444 e. The number of hydrogen-bond donors (Lipinski definition) is 0. The minimum atomic E-state index is -0.479. The number of ether oxygens (including phenoxy) is 1. The van der Waals surface area contributed by atoms with Crippen LogP contribution < -0.4 is 0 Å². The van der Waals surface area contributed by atoms with Gasteiger partial charge in [0.15, 0.2) is 0 Å². The molecule has 0 aromatic carbocycles. The number of amides is 1. The topological polar surface area (TPSA) is 51.2 Å². The van der Waals surface area contributed by atoms with Gasteiger partial charge in [0, 0.05) is 25.7 Å². The van der Waals surface area contributed by atoms with Gasteiger partial charge in [-0.2, -0.15) is 0 Å². The highest BCUT2D eigenvalue weighted by molar-refractivity contribution is 6.55. The first-order valence-electron chi connectivity index (χ1n) is 9.61. The maximum absolute atomic E-state index is 12.5. The Kier molecular flexibility index (Phi) is 4.73. The molecule has 7 heteroatoms. The van der Waals surface area contributed by atoms with E-state index < -0.39 is 5.60 Å². The molecule has 2 saturated heterocycles. The molecule has 1 amide bonds. The van der Waals surface area contributed by atoms with E-state index in [-0.39, 0.29) is 36.5 Å². The summed E-state index contributed by atoms with van der Waals surface area (Å²) < 4.78 is 18.0. The minimum absolute atomic E-state index is 0.0542. The van der Waals surface area contributed by atoms with E-state index in [1.165, 1.54) is 0 Å². The van der Waals surface area contributed by atoms with E-state index in [1.807, 2.05) is 25.7 Å². The Morgan fingerprint density at radius 3 is 2.31 bits per heavy atom. The molecule has 3 rings (SSSR count). The second kappa shape index (κ2) is 6.25. The molecule has 6 nitrogen and oxygen atoms in total. The van der Waals surface area contributed by atoms with E-state index in [0.29, 0.717) is 6.54 Å². The van der Waals surface area contributed by atoms with Crippen LogP contribution in [-0.4, -0.2) is 71.5 Å². The molecule has 0 radical (unpaired) electrons. The summed E-state index contributed by atoms with van der Waals surface area (Å²) in [4.78, 5) is 16.8. The first-order valence-corrected chi connectivity index (χ1v) is 9.61. The fourth-order valence-corrected chi connectivity index (χ4v) is 3.74. The van der Waals surface area contributed by atoms with E-state index in [0.717, 1.165) is 18.6 Å². The van der Waals surface area contributed by atoms with Crippen molar-refractivity contribution in [2.45, 2.75) is 84.3 Å². The normalized spacial score (nSPS) is 31.0. The Hall–Kier alpha value is -1.05. The quantitative estimate of drug-likeness (QED) is 0.670. The fourth-order valence-electron chi connectivity index (χ4n) is 3.74. The summed E-state index contributed by atoms with van der Waals surface area (Å²) >= 11 is 0. The van der Waals surface area contributed by atoms with Gasteiger partial charge in [0.2, 0.25) is 0 Å². The zero-order valence-corrected chi connectivity index (χ0v) is 17.5. The van der Waals surface area contributed by atoms with Crippen molar-refractivity contribution in [1.82, 2.24) is 9.80 Å². The predicted octanol–water partition coefficient (Wildman–Crippen LogP) is 2.87. The summed E-state index contributed by atoms with van der Waals surface area (Å²) in [6, 6.07) is 0.226. The van der Waals surface area contributed by atoms with Crippen molar-refractivity contribution in [3.8, 4) is 0 Å². The van der Waals surface area contributed by atoms with E-state index in [1.54, 1.807) is 0 Å². The van der Waals surface area contributed by atoms with Gasteiger partial charge in [-0.3, -0.25) is 4.90 Å². The molecular formula is C19H33BN2O4. The largest absolute Gasteiger partial charge is 0.491 e. The van der Waals surface area contributed by atoms with Crippen molar-refractivity contribution in [3.05, 3.63) is 11.5 Å². The first-order chi connectivity index (χ1) is 11.8. The molecule has 3 aliphatic rings. The maximum atomic E-state index is 12.5. The highest BCUT2D eigenvalue weighted by atomic mass is 16.7. The molecule has 0 unspecified atom stereocenters. The van der Waals surface area contributed by atoms with Crippen molar-refractivity contribution in [2.24, 2.45) is 0 Å². The van der Waals surface area contributed by atoms with Gasteiger partial charge in [-0.1, -0.05) is 6.08 Å². The predicted molar refractivity (Wildman–Crippen MR) is 102 cm³/mol. The van der Waals surface area contributed by atoms with Crippen LogP contribution in [0.15, 0.2) is 11.5 Å². The second-order valence-electron chi connectivity index (χ2n) is 9.71. The molecule has 0 aliphatic carbocycles. The van der Waals surface area contributed by atoms with Gasteiger partial charge in [-0.05, 0) is 60.9 Å². The molecule has 2 atom stereocenters. The Morgan fingerprint density at radius 1 is 1.19 bits per heavy atom. The molecule has 0 aromatic heterocycles. The number of carbonyl (C=O) groups excluding carboxylic acids is 1. The molecule has 0 aromatic rings. The van der Waals surface area contributed by atoms with Gasteiger partial charge < -0.3 is 18.9 Å². The molecule has 0 spiro atoms. The Bertz CT molecular complexity index is 595. The van der Waals surface area contributed by atoms with E-state index >= 15 is 0 Å². The molecule has 3 heterocycles. The van der Waals surface area contributed by atoms with Crippen molar-refractivity contribution in [1.29, 1.82) is 0 Å². The first kappa shape index (κ1) is 19.7. The second-order valence-corrected chi connectivity index (χ2v) is 9.71. The smallest absolute Gasteiger partial charge is 0.444 e. The van der Waals surface area contributed by atoms with Crippen molar-refractivity contribution in [2.75, 3.05) is 19.6 Å². The van der Waals surface area contributed by atoms with Gasteiger partial charge in [-0.15, -0.1) is 0 Å². The highest BCUT2D eigenvalue weighted by Crippen LogP contribution is 2.40. The zero-order chi connectivity index (χ0) is 19.5. The lowest BCUT2D eigenvalue weighted by atomic mass is 9.78. The van der Waals surface area contributed by atoms with Crippen LogP contribution in [0.3, 0.4) is 0 Å². The van der Waals surface area contributed by atoms with E-state index in [9.17, 15) is 4.79 Å². The number of hydrogen-bond acceptors (Lipinski definition) is 5. The number of piperazine rings is 1. The summed E-state index contributed by atoms with van der Waals surface area (Å²) in [6.45, 7) is 18.4. The Morgan fingerprint density at radius 2 is 1.77 bits per heavy atom. The Balaban J connectivity index is 1.72. The number of fused-ring (bicyclic) bond motifs is 1. The molecule has 0 bridgehead atoms. The monoisotopic (exact) mass is 364 g/mol. The van der Waals surface area contributed by atoms with Crippen molar-refractivity contribution in [3.63, 3.8) is 0 Å². The van der Waals surface area contributed by atoms with Crippen LogP contribution in [-0.2, 0) is 14.0 Å². The van der Waals surface area contributed by atoms with Crippen molar-refractivity contribution < 1.29 is 18.8 Å². The summed E-state index contributed by atoms with van der Waals surface area (Å²) in [5, 5.41) is 0. The molecule has 2 fully saturated rings. The third kappa shape index (κ3) is 3.53. The average Bonchev–Trinajstić information content (AvgIpc) is 2.97. The SMILES string of the molecule is C[C@@H]1[C@@H]2C=C(B3OC(C)(C)C(C)(C)O3)CN2CCN1C(=O)OC(C)(C)C. The van der Waals surface area contributed by atoms with Gasteiger partial charge >= 0.3 is 13.2 Å². The van der Waals surface area contributed by atoms with Crippen LogP contribution in [0.25, 0.3) is 0 Å². The summed E-state index contributed by atoms with van der Waals surface area (Å²) in [7, 11) is -0.312. The summed E-state index contributed by atoms with van der Waals surface area (Å²) in [5.41, 5.74) is 0.00491.